The van der Waals surface area contributed by atoms with Crippen molar-refractivity contribution in [2.45, 2.75) is 18.9 Å². The summed E-state index contributed by atoms with van der Waals surface area (Å²) in [6, 6.07) is 4.52. The molecule has 1 saturated heterocycles. The van der Waals surface area contributed by atoms with Crippen molar-refractivity contribution in [2.24, 2.45) is 0 Å². The van der Waals surface area contributed by atoms with E-state index in [4.69, 9.17) is 4.74 Å². The normalized spacial score (nSPS) is 19.9. The van der Waals surface area contributed by atoms with Crippen molar-refractivity contribution in [1.82, 2.24) is 9.97 Å². The van der Waals surface area contributed by atoms with E-state index in [2.05, 4.69) is 15.3 Å². The predicted molar refractivity (Wildman–Crippen MR) is 63.5 cm³/mol. The molecule has 3 rings (SSSR count). The van der Waals surface area contributed by atoms with Gasteiger partial charge in [0.1, 0.15) is 5.82 Å². The Kier molecular flexibility index (Phi) is 2.68. The Bertz CT molecular complexity index is 519. The number of nitrogens with zero attached hydrogens (tertiary/aromatic N) is 1. The number of imidazole rings is 1. The van der Waals surface area contributed by atoms with E-state index in [1.54, 1.807) is 6.07 Å². The molecule has 90 valence electrons. The number of hydrogen-bond acceptors (Lipinski definition) is 3. The van der Waals surface area contributed by atoms with Gasteiger partial charge in [-0.25, -0.2) is 9.37 Å². The largest absolute Gasteiger partial charge is 0.376 e. The average molecular weight is 235 g/mol. The third-order valence-corrected chi connectivity index (χ3v) is 2.97. The summed E-state index contributed by atoms with van der Waals surface area (Å²) in [6.45, 7) is 1.58. The van der Waals surface area contributed by atoms with Gasteiger partial charge in [0.25, 0.3) is 0 Å². The smallest absolute Gasteiger partial charge is 0.201 e. The quantitative estimate of drug-likeness (QED) is 0.858. The van der Waals surface area contributed by atoms with Crippen LogP contribution in [0.4, 0.5) is 10.3 Å². The molecule has 0 spiro atoms. The number of hydrogen-bond donors (Lipinski definition) is 2. The second kappa shape index (κ2) is 4.33. The highest BCUT2D eigenvalue weighted by Gasteiger charge is 2.15. The van der Waals surface area contributed by atoms with Gasteiger partial charge >= 0.3 is 0 Å². The van der Waals surface area contributed by atoms with Crippen LogP contribution in [0.25, 0.3) is 11.0 Å². The van der Waals surface area contributed by atoms with Crippen molar-refractivity contribution >= 4 is 17.0 Å². The Morgan fingerprint density at radius 3 is 3.29 bits per heavy atom. The number of ether oxygens (including phenoxy) is 1. The van der Waals surface area contributed by atoms with Crippen LogP contribution < -0.4 is 5.32 Å². The van der Waals surface area contributed by atoms with E-state index in [1.807, 2.05) is 0 Å². The van der Waals surface area contributed by atoms with Crippen molar-refractivity contribution in [3.05, 3.63) is 24.0 Å². The number of anilines is 1. The molecule has 1 aromatic heterocycles. The standard InChI is InChI=1S/C12H14FN3O/c13-8-3-4-10-11(6-8)16-12(15-10)14-7-9-2-1-5-17-9/h3-4,6,9H,1-2,5,7H2,(H2,14,15,16). The van der Waals surface area contributed by atoms with Crippen molar-refractivity contribution in [3.8, 4) is 0 Å². The molecule has 1 aromatic carbocycles. The first-order valence-corrected chi connectivity index (χ1v) is 5.82. The minimum Gasteiger partial charge on any atom is -0.376 e. The number of aromatic amines is 1. The molecule has 1 unspecified atom stereocenters. The van der Waals surface area contributed by atoms with Crippen LogP contribution in [0.5, 0.6) is 0 Å². The highest BCUT2D eigenvalue weighted by molar-refractivity contribution is 5.77. The van der Waals surface area contributed by atoms with Gasteiger partial charge in [0.15, 0.2) is 0 Å². The Morgan fingerprint density at radius 1 is 1.53 bits per heavy atom. The summed E-state index contributed by atoms with van der Waals surface area (Å²) in [7, 11) is 0. The Hall–Kier alpha value is -1.62. The molecule has 2 heterocycles. The molecule has 5 heteroatoms. The Balaban J connectivity index is 1.72. The highest BCUT2D eigenvalue weighted by Crippen LogP contribution is 2.17. The third-order valence-electron chi connectivity index (χ3n) is 2.97. The molecule has 1 aliphatic rings. The molecular formula is C12H14FN3O. The molecule has 0 aliphatic carbocycles. The molecular weight excluding hydrogens is 221 g/mol. The molecule has 0 saturated carbocycles. The summed E-state index contributed by atoms with van der Waals surface area (Å²) in [6.07, 6.45) is 2.47. The predicted octanol–water partition coefficient (Wildman–Crippen LogP) is 2.29. The zero-order valence-corrected chi connectivity index (χ0v) is 9.37. The molecule has 1 fully saturated rings. The van der Waals surface area contributed by atoms with E-state index >= 15 is 0 Å². The van der Waals surface area contributed by atoms with Gasteiger partial charge in [-0.2, -0.15) is 0 Å². The summed E-state index contributed by atoms with van der Waals surface area (Å²) >= 11 is 0. The molecule has 1 atom stereocenters. The first-order chi connectivity index (χ1) is 8.31. The van der Waals surface area contributed by atoms with Crippen LogP contribution in [-0.4, -0.2) is 29.2 Å². The van der Waals surface area contributed by atoms with E-state index < -0.39 is 0 Å². The highest BCUT2D eigenvalue weighted by atomic mass is 19.1. The SMILES string of the molecule is Fc1ccc2nc(NCC3CCCO3)[nH]c2c1. The maximum absolute atomic E-state index is 13.0. The van der Waals surface area contributed by atoms with Crippen LogP contribution in [0.3, 0.4) is 0 Å². The lowest BCUT2D eigenvalue weighted by Gasteiger charge is -2.09. The van der Waals surface area contributed by atoms with Gasteiger partial charge in [-0.15, -0.1) is 0 Å². The monoisotopic (exact) mass is 235 g/mol. The number of H-pyrrole nitrogens is 1. The zero-order valence-electron chi connectivity index (χ0n) is 9.37. The molecule has 1 aliphatic heterocycles. The van der Waals surface area contributed by atoms with Gasteiger partial charge in [-0.05, 0) is 31.0 Å². The van der Waals surface area contributed by atoms with E-state index in [1.165, 1.54) is 12.1 Å². The zero-order chi connectivity index (χ0) is 11.7. The van der Waals surface area contributed by atoms with Gasteiger partial charge in [0.05, 0.1) is 17.1 Å². The Labute approximate surface area is 98.2 Å². The summed E-state index contributed by atoms with van der Waals surface area (Å²) < 4.78 is 18.5. The minimum absolute atomic E-state index is 0.258. The molecule has 17 heavy (non-hydrogen) atoms. The second-order valence-electron chi connectivity index (χ2n) is 4.26. The fourth-order valence-electron chi connectivity index (χ4n) is 2.08. The lowest BCUT2D eigenvalue weighted by Crippen LogP contribution is -2.18. The van der Waals surface area contributed by atoms with E-state index in [-0.39, 0.29) is 11.9 Å². The second-order valence-corrected chi connectivity index (χ2v) is 4.26. The summed E-state index contributed by atoms with van der Waals surface area (Å²) in [5.41, 5.74) is 1.47. The third kappa shape index (κ3) is 2.24. The number of halogens is 1. The van der Waals surface area contributed by atoms with Gasteiger partial charge in [-0.3, -0.25) is 0 Å². The summed E-state index contributed by atoms with van der Waals surface area (Å²) in [5, 5.41) is 3.18. The van der Waals surface area contributed by atoms with Crippen LogP contribution in [0.1, 0.15) is 12.8 Å². The van der Waals surface area contributed by atoms with Crippen molar-refractivity contribution < 1.29 is 9.13 Å². The van der Waals surface area contributed by atoms with Crippen LogP contribution in [0, 0.1) is 5.82 Å². The number of nitrogens with one attached hydrogen (secondary N) is 2. The lowest BCUT2D eigenvalue weighted by molar-refractivity contribution is 0.120. The van der Waals surface area contributed by atoms with Crippen LogP contribution in [0.2, 0.25) is 0 Å². The lowest BCUT2D eigenvalue weighted by atomic mass is 10.2. The van der Waals surface area contributed by atoms with Crippen LogP contribution >= 0.6 is 0 Å². The van der Waals surface area contributed by atoms with Crippen molar-refractivity contribution in [3.63, 3.8) is 0 Å². The molecule has 2 N–H and O–H groups in total. The number of rotatable bonds is 3. The van der Waals surface area contributed by atoms with Crippen molar-refractivity contribution in [2.75, 3.05) is 18.5 Å². The molecule has 0 bridgehead atoms. The number of fused-ring (bicyclic) bond motifs is 1. The van der Waals surface area contributed by atoms with Gasteiger partial charge < -0.3 is 15.0 Å². The summed E-state index contributed by atoms with van der Waals surface area (Å²) in [4.78, 5) is 7.37. The average Bonchev–Trinajstić information content (AvgIpc) is 2.94. The first kappa shape index (κ1) is 10.5. The summed E-state index contributed by atoms with van der Waals surface area (Å²) in [5.74, 6) is 0.410. The number of aromatic nitrogens is 2. The Morgan fingerprint density at radius 2 is 2.47 bits per heavy atom. The number of benzene rings is 1. The van der Waals surface area contributed by atoms with Gasteiger partial charge in [0, 0.05) is 13.2 Å². The maximum Gasteiger partial charge on any atom is 0.201 e. The van der Waals surface area contributed by atoms with Crippen LogP contribution in [-0.2, 0) is 4.74 Å². The maximum atomic E-state index is 13.0. The van der Waals surface area contributed by atoms with Crippen molar-refractivity contribution in [1.29, 1.82) is 0 Å². The molecule has 0 amide bonds. The van der Waals surface area contributed by atoms with Gasteiger partial charge in [-0.1, -0.05) is 0 Å². The fourth-order valence-corrected chi connectivity index (χ4v) is 2.08. The van der Waals surface area contributed by atoms with E-state index in [0.29, 0.717) is 11.5 Å². The minimum atomic E-state index is -0.258. The first-order valence-electron chi connectivity index (χ1n) is 5.82. The molecule has 0 radical (unpaired) electrons. The van der Waals surface area contributed by atoms with E-state index in [0.717, 1.165) is 31.5 Å². The molecule has 4 nitrogen and oxygen atoms in total. The molecule has 2 aromatic rings. The van der Waals surface area contributed by atoms with Crippen LogP contribution in [0.15, 0.2) is 18.2 Å². The van der Waals surface area contributed by atoms with Gasteiger partial charge in [0.2, 0.25) is 5.95 Å². The fraction of sp³-hybridized carbons (Fsp3) is 0.417. The topological polar surface area (TPSA) is 49.9 Å². The van der Waals surface area contributed by atoms with E-state index in [9.17, 15) is 4.39 Å².